The Morgan fingerprint density at radius 3 is 2.33 bits per heavy atom. The first-order valence-electron chi connectivity index (χ1n) is 5.73. The maximum atomic E-state index is 4.26. The Kier molecular flexibility index (Phi) is 7.61. The average molecular weight is 205 g/mol. The zero-order valence-electron chi connectivity index (χ0n) is 10.7. The Morgan fingerprint density at radius 2 is 1.87 bits per heavy atom. The first-order valence-corrected chi connectivity index (χ1v) is 5.73. The van der Waals surface area contributed by atoms with E-state index in [1.54, 1.807) is 0 Å². The van der Waals surface area contributed by atoms with E-state index in [0.29, 0.717) is 0 Å². The molecule has 1 rings (SSSR count). The van der Waals surface area contributed by atoms with Crippen molar-refractivity contribution < 1.29 is 0 Å². The van der Waals surface area contributed by atoms with Crippen LogP contribution in [0.25, 0.3) is 0 Å². The molecule has 0 saturated carbocycles. The van der Waals surface area contributed by atoms with Gasteiger partial charge in [0, 0.05) is 7.05 Å². The fourth-order valence-electron chi connectivity index (χ4n) is 1.37. The summed E-state index contributed by atoms with van der Waals surface area (Å²) in [6.07, 6.45) is 10.8. The lowest BCUT2D eigenvalue weighted by atomic mass is 9.98. The SMILES string of the molecule is CC/C=C1/C=CC=C(C)C1=NC.CCC. The molecule has 0 saturated heterocycles. The molecule has 1 aliphatic rings. The molecule has 0 aromatic rings. The van der Waals surface area contributed by atoms with Gasteiger partial charge in [0.25, 0.3) is 0 Å². The van der Waals surface area contributed by atoms with Gasteiger partial charge in [0.2, 0.25) is 0 Å². The van der Waals surface area contributed by atoms with Gasteiger partial charge in [0.15, 0.2) is 0 Å². The normalized spacial score (nSPS) is 19.9. The minimum Gasteiger partial charge on any atom is -0.288 e. The number of rotatable bonds is 1. The van der Waals surface area contributed by atoms with Crippen LogP contribution in [0.3, 0.4) is 0 Å². The second-order valence-corrected chi connectivity index (χ2v) is 3.56. The number of hydrogen-bond donors (Lipinski definition) is 0. The Labute approximate surface area is 94.3 Å². The third-order valence-electron chi connectivity index (χ3n) is 1.92. The largest absolute Gasteiger partial charge is 0.288 e. The summed E-state index contributed by atoms with van der Waals surface area (Å²) in [5.74, 6) is 0. The predicted molar refractivity (Wildman–Crippen MR) is 70.6 cm³/mol. The number of nitrogens with zero attached hydrogens (tertiary/aromatic N) is 1. The van der Waals surface area contributed by atoms with E-state index >= 15 is 0 Å². The van der Waals surface area contributed by atoms with Gasteiger partial charge in [0.1, 0.15) is 0 Å². The van der Waals surface area contributed by atoms with Gasteiger partial charge >= 0.3 is 0 Å². The van der Waals surface area contributed by atoms with E-state index in [0.717, 1.165) is 12.1 Å². The summed E-state index contributed by atoms with van der Waals surface area (Å²) in [7, 11) is 1.84. The average Bonchev–Trinajstić information content (AvgIpc) is 2.20. The molecule has 1 nitrogen and oxygen atoms in total. The number of allylic oxidation sites excluding steroid dienone is 6. The summed E-state index contributed by atoms with van der Waals surface area (Å²) in [5, 5.41) is 0. The molecule has 84 valence electrons. The lowest BCUT2D eigenvalue weighted by Crippen LogP contribution is -2.05. The molecule has 0 N–H and O–H groups in total. The lowest BCUT2D eigenvalue weighted by molar-refractivity contribution is 1.09. The smallest absolute Gasteiger partial charge is 0.0669 e. The van der Waals surface area contributed by atoms with E-state index in [4.69, 9.17) is 0 Å². The van der Waals surface area contributed by atoms with Gasteiger partial charge in [-0.3, -0.25) is 4.99 Å². The molecule has 0 aliphatic heterocycles. The monoisotopic (exact) mass is 205 g/mol. The molecule has 15 heavy (non-hydrogen) atoms. The van der Waals surface area contributed by atoms with E-state index in [2.05, 4.69) is 57.0 Å². The second kappa shape index (κ2) is 8.22. The summed E-state index contributed by atoms with van der Waals surface area (Å²) in [6, 6.07) is 0. The van der Waals surface area contributed by atoms with Crippen molar-refractivity contribution in [2.24, 2.45) is 4.99 Å². The molecule has 0 unspecified atom stereocenters. The molecule has 0 bridgehead atoms. The molecule has 0 radical (unpaired) electrons. The van der Waals surface area contributed by atoms with Crippen molar-refractivity contribution in [1.82, 2.24) is 0 Å². The van der Waals surface area contributed by atoms with Crippen LogP contribution in [0.5, 0.6) is 0 Å². The molecule has 0 atom stereocenters. The third kappa shape index (κ3) is 4.78. The van der Waals surface area contributed by atoms with Crippen LogP contribution in [0, 0.1) is 0 Å². The van der Waals surface area contributed by atoms with Crippen LogP contribution >= 0.6 is 0 Å². The van der Waals surface area contributed by atoms with Crippen molar-refractivity contribution in [2.75, 3.05) is 7.05 Å². The van der Waals surface area contributed by atoms with Crippen LogP contribution in [-0.2, 0) is 0 Å². The van der Waals surface area contributed by atoms with E-state index in [-0.39, 0.29) is 0 Å². The first kappa shape index (κ1) is 13.9. The molecule has 0 aromatic heterocycles. The Bertz CT molecular complexity index is 290. The van der Waals surface area contributed by atoms with Crippen LogP contribution in [0.2, 0.25) is 0 Å². The van der Waals surface area contributed by atoms with Crippen LogP contribution in [0.1, 0.15) is 40.5 Å². The molecule has 0 aromatic carbocycles. The fourth-order valence-corrected chi connectivity index (χ4v) is 1.37. The van der Waals surface area contributed by atoms with Gasteiger partial charge in [-0.05, 0) is 24.5 Å². The van der Waals surface area contributed by atoms with Crippen LogP contribution in [0.4, 0.5) is 0 Å². The van der Waals surface area contributed by atoms with Crippen molar-refractivity contribution in [3.63, 3.8) is 0 Å². The van der Waals surface area contributed by atoms with Gasteiger partial charge in [-0.2, -0.15) is 0 Å². The molecular weight excluding hydrogens is 182 g/mol. The van der Waals surface area contributed by atoms with Crippen molar-refractivity contribution in [2.45, 2.75) is 40.5 Å². The van der Waals surface area contributed by atoms with Crippen molar-refractivity contribution in [1.29, 1.82) is 0 Å². The molecule has 1 aliphatic carbocycles. The van der Waals surface area contributed by atoms with Crippen molar-refractivity contribution >= 4 is 5.71 Å². The second-order valence-electron chi connectivity index (χ2n) is 3.56. The lowest BCUT2D eigenvalue weighted by Gasteiger charge is -2.10. The van der Waals surface area contributed by atoms with Crippen LogP contribution in [0.15, 0.2) is 40.4 Å². The van der Waals surface area contributed by atoms with Gasteiger partial charge in [-0.25, -0.2) is 0 Å². The highest BCUT2D eigenvalue weighted by atomic mass is 14.7. The Hall–Kier alpha value is -1.11. The summed E-state index contributed by atoms with van der Waals surface area (Å²) in [4.78, 5) is 4.26. The standard InChI is InChI=1S/C11H15N.C3H8/c1-4-6-10-8-5-7-9(2)11(10)12-3;1-3-2/h5-8H,4H2,1-3H3;3H2,1-2H3/b10-6-,12-11?;. The highest BCUT2D eigenvalue weighted by molar-refractivity contribution is 6.14. The summed E-state index contributed by atoms with van der Waals surface area (Å²) in [6.45, 7) is 8.48. The highest BCUT2D eigenvalue weighted by Crippen LogP contribution is 2.15. The van der Waals surface area contributed by atoms with Crippen molar-refractivity contribution in [3.05, 3.63) is 35.5 Å². The summed E-state index contributed by atoms with van der Waals surface area (Å²) < 4.78 is 0. The molecule has 0 amide bonds. The van der Waals surface area contributed by atoms with E-state index in [9.17, 15) is 0 Å². The minimum absolute atomic E-state index is 1.06. The Balaban J connectivity index is 0.000000583. The molecule has 1 heteroatoms. The summed E-state index contributed by atoms with van der Waals surface area (Å²) >= 11 is 0. The van der Waals surface area contributed by atoms with E-state index in [1.807, 2.05) is 7.05 Å². The fraction of sp³-hybridized carbons (Fsp3) is 0.500. The first-order chi connectivity index (χ1) is 7.21. The molecular formula is C14H23N. The minimum atomic E-state index is 1.06. The van der Waals surface area contributed by atoms with Gasteiger partial charge < -0.3 is 0 Å². The van der Waals surface area contributed by atoms with Gasteiger partial charge in [-0.15, -0.1) is 0 Å². The Morgan fingerprint density at radius 1 is 1.27 bits per heavy atom. The summed E-state index contributed by atoms with van der Waals surface area (Å²) in [5.41, 5.74) is 3.62. The number of aliphatic imine (C=N–C) groups is 1. The van der Waals surface area contributed by atoms with Crippen molar-refractivity contribution in [3.8, 4) is 0 Å². The van der Waals surface area contributed by atoms with Crippen LogP contribution < -0.4 is 0 Å². The van der Waals surface area contributed by atoms with Crippen LogP contribution in [-0.4, -0.2) is 12.8 Å². The molecule has 0 spiro atoms. The van der Waals surface area contributed by atoms with E-state index in [1.165, 1.54) is 17.6 Å². The maximum absolute atomic E-state index is 4.26. The zero-order valence-corrected chi connectivity index (χ0v) is 10.7. The van der Waals surface area contributed by atoms with Gasteiger partial charge in [0.05, 0.1) is 5.71 Å². The third-order valence-corrected chi connectivity index (χ3v) is 1.92. The highest BCUT2D eigenvalue weighted by Gasteiger charge is 2.07. The predicted octanol–water partition coefficient (Wildman–Crippen LogP) is 4.33. The topological polar surface area (TPSA) is 12.4 Å². The molecule has 0 fully saturated rings. The van der Waals surface area contributed by atoms with E-state index < -0.39 is 0 Å². The van der Waals surface area contributed by atoms with Gasteiger partial charge in [-0.1, -0.05) is 51.5 Å². The number of hydrogen-bond acceptors (Lipinski definition) is 1. The quantitative estimate of drug-likeness (QED) is 0.604. The molecule has 0 heterocycles. The maximum Gasteiger partial charge on any atom is 0.0669 e. The zero-order chi connectivity index (χ0) is 11.7.